The lowest BCUT2D eigenvalue weighted by Gasteiger charge is -2.28. The summed E-state index contributed by atoms with van der Waals surface area (Å²) in [6.07, 6.45) is 4.64. The number of likely N-dealkylation sites (N-methyl/N-ethyl adjacent to an activating group) is 1. The van der Waals surface area contributed by atoms with Crippen LogP contribution in [0.5, 0.6) is 0 Å². The monoisotopic (exact) mass is 328 g/mol. The van der Waals surface area contributed by atoms with Gasteiger partial charge in [0, 0.05) is 23.6 Å². The van der Waals surface area contributed by atoms with Crippen molar-refractivity contribution < 1.29 is 4.39 Å². The van der Waals surface area contributed by atoms with Gasteiger partial charge in [-0.3, -0.25) is 0 Å². The van der Waals surface area contributed by atoms with Gasteiger partial charge in [-0.2, -0.15) is 0 Å². The van der Waals surface area contributed by atoms with Crippen molar-refractivity contribution in [3.05, 3.63) is 34.1 Å². The second-order valence-corrected chi connectivity index (χ2v) is 6.31. The van der Waals surface area contributed by atoms with Crippen LogP contribution in [0.4, 0.5) is 4.39 Å². The summed E-state index contributed by atoms with van der Waals surface area (Å²) in [6.45, 7) is 3.08. The van der Waals surface area contributed by atoms with E-state index in [1.54, 1.807) is 6.07 Å². The zero-order valence-electron chi connectivity index (χ0n) is 11.5. The molecule has 106 valence electrons. The fourth-order valence-electron chi connectivity index (χ4n) is 2.59. The highest BCUT2D eigenvalue weighted by molar-refractivity contribution is 9.10. The van der Waals surface area contributed by atoms with Crippen molar-refractivity contribution in [1.82, 2.24) is 10.2 Å². The molecule has 0 spiro atoms. The van der Waals surface area contributed by atoms with E-state index in [1.807, 2.05) is 6.07 Å². The van der Waals surface area contributed by atoms with Crippen molar-refractivity contribution in [1.29, 1.82) is 0 Å². The van der Waals surface area contributed by atoms with Gasteiger partial charge in [-0.1, -0.05) is 22.4 Å². The molecule has 1 atom stereocenters. The van der Waals surface area contributed by atoms with Crippen LogP contribution in [0, 0.1) is 5.82 Å². The Bertz CT molecular complexity index is 405. The van der Waals surface area contributed by atoms with Crippen molar-refractivity contribution >= 4 is 15.9 Å². The molecule has 1 unspecified atom stereocenters. The van der Waals surface area contributed by atoms with Crippen LogP contribution in [-0.2, 0) is 6.42 Å². The first-order valence-corrected chi connectivity index (χ1v) is 7.80. The highest BCUT2D eigenvalue weighted by Gasteiger charge is 2.14. The van der Waals surface area contributed by atoms with Gasteiger partial charge in [0.15, 0.2) is 0 Å². The van der Waals surface area contributed by atoms with Gasteiger partial charge in [-0.05, 0) is 56.6 Å². The van der Waals surface area contributed by atoms with Crippen LogP contribution in [0.15, 0.2) is 22.7 Å². The van der Waals surface area contributed by atoms with E-state index in [2.05, 4.69) is 33.2 Å². The van der Waals surface area contributed by atoms with Crippen LogP contribution in [0.1, 0.15) is 24.8 Å². The number of rotatable bonds is 5. The highest BCUT2D eigenvalue weighted by atomic mass is 79.9. The number of halogens is 2. The molecule has 1 aromatic rings. The summed E-state index contributed by atoms with van der Waals surface area (Å²) in [4.78, 5) is 2.29. The van der Waals surface area contributed by atoms with Crippen LogP contribution in [0.2, 0.25) is 0 Å². The molecule has 0 bridgehead atoms. The van der Waals surface area contributed by atoms with Crippen LogP contribution in [0.3, 0.4) is 0 Å². The molecular weight excluding hydrogens is 307 g/mol. The lowest BCUT2D eigenvalue weighted by Crippen LogP contribution is -2.42. The third kappa shape index (κ3) is 4.86. The summed E-state index contributed by atoms with van der Waals surface area (Å²) in [5.41, 5.74) is 0.790. The normalized spacial score (nSPS) is 19.9. The molecule has 1 fully saturated rings. The standard InChI is InChI=1S/C15H22BrFN2/c1-19(11-14-4-2-3-8-18-14)9-7-12-10-13(16)5-6-15(12)17/h5-6,10,14,18H,2-4,7-9,11H2,1H3. The number of hydrogen-bond acceptors (Lipinski definition) is 2. The second kappa shape index (κ2) is 7.36. The van der Waals surface area contributed by atoms with Crippen molar-refractivity contribution in [2.45, 2.75) is 31.7 Å². The number of nitrogens with zero attached hydrogens (tertiary/aromatic N) is 1. The zero-order chi connectivity index (χ0) is 13.7. The van der Waals surface area contributed by atoms with E-state index in [0.29, 0.717) is 6.04 Å². The Morgan fingerprint density at radius 1 is 1.42 bits per heavy atom. The van der Waals surface area contributed by atoms with Gasteiger partial charge >= 0.3 is 0 Å². The van der Waals surface area contributed by atoms with E-state index >= 15 is 0 Å². The molecule has 2 nitrogen and oxygen atoms in total. The molecule has 1 saturated heterocycles. The zero-order valence-corrected chi connectivity index (χ0v) is 13.0. The molecule has 1 heterocycles. The summed E-state index contributed by atoms with van der Waals surface area (Å²) in [6, 6.07) is 5.75. The van der Waals surface area contributed by atoms with Gasteiger partial charge in [0.2, 0.25) is 0 Å². The molecule has 1 aliphatic rings. The molecule has 0 radical (unpaired) electrons. The SMILES string of the molecule is CN(CCc1cc(Br)ccc1F)CC1CCCCN1. The molecule has 4 heteroatoms. The first kappa shape index (κ1) is 14.9. The largest absolute Gasteiger partial charge is 0.313 e. The van der Waals surface area contributed by atoms with E-state index in [0.717, 1.165) is 36.1 Å². The Balaban J connectivity index is 1.79. The van der Waals surface area contributed by atoms with E-state index in [-0.39, 0.29) is 5.82 Å². The smallest absolute Gasteiger partial charge is 0.126 e. The molecule has 0 saturated carbocycles. The maximum Gasteiger partial charge on any atom is 0.126 e. The minimum atomic E-state index is -0.104. The summed E-state index contributed by atoms with van der Waals surface area (Å²) in [5.74, 6) is -0.104. The van der Waals surface area contributed by atoms with Crippen molar-refractivity contribution in [3.63, 3.8) is 0 Å². The third-order valence-corrected chi connectivity index (χ3v) is 4.21. The summed E-state index contributed by atoms with van der Waals surface area (Å²) in [5, 5.41) is 3.55. The van der Waals surface area contributed by atoms with Crippen LogP contribution >= 0.6 is 15.9 Å². The Hall–Kier alpha value is -0.450. The number of piperidine rings is 1. The quantitative estimate of drug-likeness (QED) is 0.892. The maximum atomic E-state index is 13.6. The average Bonchev–Trinajstić information content (AvgIpc) is 2.41. The average molecular weight is 329 g/mol. The topological polar surface area (TPSA) is 15.3 Å². The minimum absolute atomic E-state index is 0.104. The molecule has 0 aliphatic carbocycles. The van der Waals surface area contributed by atoms with Gasteiger partial charge in [-0.15, -0.1) is 0 Å². The second-order valence-electron chi connectivity index (χ2n) is 5.39. The third-order valence-electron chi connectivity index (χ3n) is 3.72. The van der Waals surface area contributed by atoms with Crippen LogP contribution < -0.4 is 5.32 Å². The van der Waals surface area contributed by atoms with Crippen molar-refractivity contribution in [2.24, 2.45) is 0 Å². The summed E-state index contributed by atoms with van der Waals surface area (Å²) < 4.78 is 14.6. The van der Waals surface area contributed by atoms with E-state index in [4.69, 9.17) is 0 Å². The number of hydrogen-bond donors (Lipinski definition) is 1. The Labute approximate surface area is 123 Å². The highest BCUT2D eigenvalue weighted by Crippen LogP contribution is 2.16. The Kier molecular flexibility index (Phi) is 5.79. The van der Waals surface area contributed by atoms with Crippen LogP contribution in [-0.4, -0.2) is 37.6 Å². The van der Waals surface area contributed by atoms with Gasteiger partial charge < -0.3 is 10.2 Å². The minimum Gasteiger partial charge on any atom is -0.313 e. The molecule has 0 aromatic heterocycles. The Morgan fingerprint density at radius 3 is 3.00 bits per heavy atom. The molecule has 0 amide bonds. The van der Waals surface area contributed by atoms with Crippen molar-refractivity contribution in [2.75, 3.05) is 26.7 Å². The van der Waals surface area contributed by atoms with Gasteiger partial charge in [-0.25, -0.2) is 4.39 Å². The summed E-state index contributed by atoms with van der Waals surface area (Å²) >= 11 is 3.39. The maximum absolute atomic E-state index is 13.6. The van der Waals surface area contributed by atoms with E-state index in [1.165, 1.54) is 25.3 Å². The number of nitrogens with one attached hydrogen (secondary N) is 1. The lowest BCUT2D eigenvalue weighted by atomic mass is 10.0. The molecule has 1 aliphatic heterocycles. The molecular formula is C15H22BrFN2. The predicted octanol–water partition coefficient (Wildman–Crippen LogP) is 3.20. The fraction of sp³-hybridized carbons (Fsp3) is 0.600. The predicted molar refractivity (Wildman–Crippen MR) is 80.9 cm³/mol. The molecule has 1 N–H and O–H groups in total. The molecule has 19 heavy (non-hydrogen) atoms. The number of benzene rings is 1. The lowest BCUT2D eigenvalue weighted by molar-refractivity contribution is 0.264. The van der Waals surface area contributed by atoms with E-state index in [9.17, 15) is 4.39 Å². The first-order chi connectivity index (χ1) is 9.15. The van der Waals surface area contributed by atoms with Gasteiger partial charge in [0.05, 0.1) is 0 Å². The van der Waals surface area contributed by atoms with Crippen LogP contribution in [0.25, 0.3) is 0 Å². The van der Waals surface area contributed by atoms with E-state index < -0.39 is 0 Å². The van der Waals surface area contributed by atoms with Gasteiger partial charge in [0.1, 0.15) is 5.82 Å². The fourth-order valence-corrected chi connectivity index (χ4v) is 3.00. The first-order valence-electron chi connectivity index (χ1n) is 7.01. The summed E-state index contributed by atoms with van der Waals surface area (Å²) in [7, 11) is 2.12. The molecule has 1 aromatic carbocycles. The van der Waals surface area contributed by atoms with Gasteiger partial charge in [0.25, 0.3) is 0 Å². The van der Waals surface area contributed by atoms with Crippen molar-refractivity contribution in [3.8, 4) is 0 Å². The molecule has 2 rings (SSSR count). The Morgan fingerprint density at radius 2 is 2.26 bits per heavy atom.